The number of aryl methyl sites for hydroxylation is 1. The van der Waals surface area contributed by atoms with Crippen molar-refractivity contribution in [3.05, 3.63) is 51.1 Å². The molecule has 142 valence electrons. The number of aromatic nitrogens is 2. The standard InChI is InChI=1S/C17H17ClN4O3S2/c1-3-25-15(23)13-12(8-26-17-22-21-9(2)27-17)19-16(24)20-14(13)10-6-4-5-7-11(10)18/h4-7,14H,3,8H2,1-2H3,(H2,19,20,24)/t14-/m0/s1. The lowest BCUT2D eigenvalue weighted by molar-refractivity contribution is -0.139. The number of thioether (sulfide) groups is 1. The molecule has 0 saturated carbocycles. The number of nitrogens with one attached hydrogen (secondary N) is 2. The van der Waals surface area contributed by atoms with E-state index in [4.69, 9.17) is 16.3 Å². The third kappa shape index (κ3) is 4.60. The van der Waals surface area contributed by atoms with Gasteiger partial charge in [0.2, 0.25) is 0 Å². The minimum absolute atomic E-state index is 0.224. The van der Waals surface area contributed by atoms with Gasteiger partial charge in [-0.1, -0.05) is 52.9 Å². The normalized spacial score (nSPS) is 16.7. The van der Waals surface area contributed by atoms with Gasteiger partial charge in [0.1, 0.15) is 5.01 Å². The van der Waals surface area contributed by atoms with Gasteiger partial charge in [0, 0.05) is 16.5 Å². The smallest absolute Gasteiger partial charge is 0.338 e. The van der Waals surface area contributed by atoms with Gasteiger partial charge >= 0.3 is 12.0 Å². The van der Waals surface area contributed by atoms with E-state index >= 15 is 0 Å². The number of ether oxygens (including phenoxy) is 1. The zero-order valence-electron chi connectivity index (χ0n) is 14.6. The number of amides is 2. The average Bonchev–Trinajstić information content (AvgIpc) is 3.05. The maximum atomic E-state index is 12.7. The first-order valence-corrected chi connectivity index (χ1v) is 10.3. The van der Waals surface area contributed by atoms with Crippen LogP contribution in [-0.2, 0) is 9.53 Å². The number of nitrogens with zero attached hydrogens (tertiary/aromatic N) is 2. The van der Waals surface area contributed by atoms with Crippen LogP contribution in [0.3, 0.4) is 0 Å². The molecular formula is C17H17ClN4O3S2. The zero-order chi connectivity index (χ0) is 19.4. The molecule has 2 aromatic rings. The second kappa shape index (κ2) is 8.73. The van der Waals surface area contributed by atoms with E-state index in [1.165, 1.54) is 23.1 Å². The molecule has 0 spiro atoms. The molecule has 0 aliphatic carbocycles. The minimum Gasteiger partial charge on any atom is -0.463 e. The van der Waals surface area contributed by atoms with Gasteiger partial charge in [0.25, 0.3) is 0 Å². The first-order valence-electron chi connectivity index (χ1n) is 8.14. The van der Waals surface area contributed by atoms with Crippen molar-refractivity contribution in [2.45, 2.75) is 24.2 Å². The fraction of sp³-hybridized carbons (Fsp3) is 0.294. The Balaban J connectivity index is 1.99. The Bertz CT molecular complexity index is 900. The number of hydrogen-bond donors (Lipinski definition) is 2. The van der Waals surface area contributed by atoms with Crippen molar-refractivity contribution >= 4 is 46.7 Å². The Hall–Kier alpha value is -2.10. The van der Waals surface area contributed by atoms with E-state index in [9.17, 15) is 9.59 Å². The topological polar surface area (TPSA) is 93.2 Å². The van der Waals surface area contributed by atoms with Crippen LogP contribution in [0.25, 0.3) is 0 Å². The second-order valence-corrected chi connectivity index (χ2v) is 8.35. The van der Waals surface area contributed by atoms with Gasteiger partial charge in [-0.15, -0.1) is 10.2 Å². The highest BCUT2D eigenvalue weighted by Crippen LogP contribution is 2.34. The van der Waals surface area contributed by atoms with Gasteiger partial charge in [0.05, 0.1) is 18.2 Å². The van der Waals surface area contributed by atoms with Crippen LogP contribution in [0.1, 0.15) is 23.5 Å². The van der Waals surface area contributed by atoms with Crippen molar-refractivity contribution in [3.63, 3.8) is 0 Å². The largest absolute Gasteiger partial charge is 0.463 e. The van der Waals surface area contributed by atoms with Crippen molar-refractivity contribution < 1.29 is 14.3 Å². The molecule has 1 atom stereocenters. The highest BCUT2D eigenvalue weighted by Gasteiger charge is 2.34. The van der Waals surface area contributed by atoms with Gasteiger partial charge < -0.3 is 15.4 Å². The Labute approximate surface area is 169 Å². The molecule has 1 aliphatic rings. The third-order valence-corrected chi connectivity index (χ3v) is 6.06. The molecular weight excluding hydrogens is 408 g/mol. The predicted molar refractivity (Wildman–Crippen MR) is 105 cm³/mol. The number of urea groups is 1. The van der Waals surface area contributed by atoms with E-state index in [0.29, 0.717) is 27.6 Å². The first-order chi connectivity index (χ1) is 13.0. The molecule has 7 nitrogen and oxygen atoms in total. The molecule has 0 radical (unpaired) electrons. The van der Waals surface area contributed by atoms with E-state index in [1.54, 1.807) is 31.2 Å². The maximum Gasteiger partial charge on any atom is 0.338 e. The van der Waals surface area contributed by atoms with Crippen molar-refractivity contribution in [3.8, 4) is 0 Å². The fourth-order valence-electron chi connectivity index (χ4n) is 2.59. The van der Waals surface area contributed by atoms with Crippen LogP contribution in [-0.4, -0.2) is 34.6 Å². The van der Waals surface area contributed by atoms with Gasteiger partial charge in [-0.2, -0.15) is 0 Å². The molecule has 0 fully saturated rings. The number of halogens is 1. The summed E-state index contributed by atoms with van der Waals surface area (Å²) in [6.45, 7) is 3.82. The maximum absolute atomic E-state index is 12.7. The Morgan fingerprint density at radius 1 is 1.37 bits per heavy atom. The second-order valence-electron chi connectivity index (χ2n) is 5.54. The molecule has 1 aromatic carbocycles. The predicted octanol–water partition coefficient (Wildman–Crippen LogP) is 3.46. The lowest BCUT2D eigenvalue weighted by atomic mass is 9.95. The zero-order valence-corrected chi connectivity index (χ0v) is 17.0. The van der Waals surface area contributed by atoms with Gasteiger partial charge in [0.15, 0.2) is 4.34 Å². The molecule has 2 amide bonds. The van der Waals surface area contributed by atoms with Gasteiger partial charge in [-0.3, -0.25) is 0 Å². The van der Waals surface area contributed by atoms with Crippen LogP contribution in [0.2, 0.25) is 5.02 Å². The monoisotopic (exact) mass is 424 g/mol. The molecule has 2 N–H and O–H groups in total. The number of esters is 1. The van der Waals surface area contributed by atoms with Crippen LogP contribution in [0, 0.1) is 6.92 Å². The summed E-state index contributed by atoms with van der Waals surface area (Å²) < 4.78 is 5.98. The van der Waals surface area contributed by atoms with Crippen LogP contribution >= 0.6 is 34.7 Å². The molecule has 0 bridgehead atoms. The molecule has 0 saturated heterocycles. The van der Waals surface area contributed by atoms with E-state index in [0.717, 1.165) is 9.35 Å². The summed E-state index contributed by atoms with van der Waals surface area (Å²) in [5.74, 6) is -0.157. The lowest BCUT2D eigenvalue weighted by Crippen LogP contribution is -2.46. The first kappa shape index (κ1) is 19.7. The number of hydrogen-bond acceptors (Lipinski definition) is 7. The van der Waals surface area contributed by atoms with E-state index in [-0.39, 0.29) is 6.61 Å². The van der Waals surface area contributed by atoms with Gasteiger partial charge in [-0.25, -0.2) is 9.59 Å². The van der Waals surface area contributed by atoms with Crippen molar-refractivity contribution in [2.24, 2.45) is 0 Å². The molecule has 1 aromatic heterocycles. The molecule has 3 rings (SSSR count). The number of carbonyl (C=O) groups excluding carboxylic acids is 2. The fourth-order valence-corrected chi connectivity index (χ4v) is 4.62. The minimum atomic E-state index is -0.696. The summed E-state index contributed by atoms with van der Waals surface area (Å²) in [5, 5.41) is 14.8. The summed E-state index contributed by atoms with van der Waals surface area (Å²) in [7, 11) is 0. The van der Waals surface area contributed by atoms with E-state index in [1.807, 2.05) is 6.92 Å². The Morgan fingerprint density at radius 2 is 2.15 bits per heavy atom. The van der Waals surface area contributed by atoms with E-state index in [2.05, 4.69) is 20.8 Å². The number of carbonyl (C=O) groups is 2. The molecule has 2 heterocycles. The highest BCUT2D eigenvalue weighted by molar-refractivity contribution is 8.01. The van der Waals surface area contributed by atoms with Crippen LogP contribution in [0.4, 0.5) is 4.79 Å². The summed E-state index contributed by atoms with van der Waals surface area (Å²) in [4.78, 5) is 24.9. The number of rotatable bonds is 6. The molecule has 10 heteroatoms. The Kier molecular flexibility index (Phi) is 6.35. The van der Waals surface area contributed by atoms with Crippen LogP contribution < -0.4 is 10.6 Å². The number of benzene rings is 1. The van der Waals surface area contributed by atoms with Gasteiger partial charge in [-0.05, 0) is 25.5 Å². The SMILES string of the molecule is CCOC(=O)C1=C(CSc2nnc(C)s2)NC(=O)N[C@H]1c1ccccc1Cl. The van der Waals surface area contributed by atoms with Crippen molar-refractivity contribution in [1.82, 2.24) is 20.8 Å². The molecule has 0 unspecified atom stereocenters. The summed E-state index contributed by atoms with van der Waals surface area (Å²) in [5.41, 5.74) is 1.43. The summed E-state index contributed by atoms with van der Waals surface area (Å²) in [6.07, 6.45) is 0. The van der Waals surface area contributed by atoms with Crippen LogP contribution in [0.15, 0.2) is 39.9 Å². The summed E-state index contributed by atoms with van der Waals surface area (Å²) >= 11 is 9.15. The molecule has 27 heavy (non-hydrogen) atoms. The third-order valence-electron chi connectivity index (χ3n) is 3.71. The lowest BCUT2D eigenvalue weighted by Gasteiger charge is -2.29. The Morgan fingerprint density at radius 3 is 2.81 bits per heavy atom. The molecule has 1 aliphatic heterocycles. The summed E-state index contributed by atoms with van der Waals surface area (Å²) in [6, 6.07) is 5.98. The highest BCUT2D eigenvalue weighted by atomic mass is 35.5. The van der Waals surface area contributed by atoms with Crippen LogP contribution in [0.5, 0.6) is 0 Å². The average molecular weight is 425 g/mol. The van der Waals surface area contributed by atoms with Crippen molar-refractivity contribution in [1.29, 1.82) is 0 Å². The van der Waals surface area contributed by atoms with Crippen molar-refractivity contribution in [2.75, 3.05) is 12.4 Å². The van der Waals surface area contributed by atoms with E-state index < -0.39 is 18.0 Å². The quantitative estimate of drug-likeness (QED) is 0.544.